The van der Waals surface area contributed by atoms with E-state index in [1.165, 1.54) is 4.57 Å². The Bertz CT molecular complexity index is 1210. The Morgan fingerprint density at radius 1 is 1.15 bits per heavy atom. The molecule has 0 fully saturated rings. The molecule has 7 heteroatoms. The second-order valence-electron chi connectivity index (χ2n) is 5.66. The van der Waals surface area contributed by atoms with E-state index in [4.69, 9.17) is 23.8 Å². The van der Waals surface area contributed by atoms with Crippen molar-refractivity contribution in [3.05, 3.63) is 79.8 Å². The molecular formula is C19H12ClN3O2S. The summed E-state index contributed by atoms with van der Waals surface area (Å²) < 4.78 is 1.40. The van der Waals surface area contributed by atoms with Gasteiger partial charge in [0.25, 0.3) is 5.56 Å². The number of aromatic nitrogens is 2. The van der Waals surface area contributed by atoms with Crippen LogP contribution in [-0.4, -0.2) is 20.9 Å². The summed E-state index contributed by atoms with van der Waals surface area (Å²) in [6.45, 7) is 0. The van der Waals surface area contributed by atoms with Crippen molar-refractivity contribution in [1.82, 2.24) is 9.55 Å². The molecule has 1 aromatic heterocycles. The molecule has 0 bridgehead atoms. The number of rotatable bonds is 2. The maximum Gasteiger partial charge on any atom is 0.262 e. The number of para-hydroxylation sites is 2. The predicted octanol–water partition coefficient (Wildman–Crippen LogP) is 4.51. The molecule has 5 nitrogen and oxygen atoms in total. The molecule has 0 radical (unpaired) electrons. The molecule has 0 saturated carbocycles. The third-order valence-electron chi connectivity index (χ3n) is 4.07. The van der Waals surface area contributed by atoms with Gasteiger partial charge in [-0.05, 0) is 36.5 Å². The van der Waals surface area contributed by atoms with Gasteiger partial charge in [0.1, 0.15) is 5.56 Å². The Labute approximate surface area is 158 Å². The molecule has 1 aliphatic rings. The Hall–Kier alpha value is -2.96. The third-order valence-corrected chi connectivity index (χ3v) is 4.68. The van der Waals surface area contributed by atoms with E-state index in [2.05, 4.69) is 9.98 Å². The SMILES string of the molecule is O=c1[nH]c(=S)n(-c2ccccc2Cl)c(O)c1C=C1C=Nc2ccccc21. The largest absolute Gasteiger partial charge is 0.494 e. The van der Waals surface area contributed by atoms with Crippen LogP contribution in [0.2, 0.25) is 5.02 Å². The first-order chi connectivity index (χ1) is 12.6. The maximum atomic E-state index is 12.4. The van der Waals surface area contributed by atoms with Crippen LogP contribution in [0.1, 0.15) is 11.1 Å². The molecule has 0 aliphatic carbocycles. The predicted molar refractivity (Wildman–Crippen MR) is 106 cm³/mol. The smallest absolute Gasteiger partial charge is 0.262 e. The van der Waals surface area contributed by atoms with Crippen LogP contribution in [0.4, 0.5) is 5.69 Å². The summed E-state index contributed by atoms with van der Waals surface area (Å²) in [6, 6.07) is 14.5. The molecule has 0 saturated heterocycles. The number of fused-ring (bicyclic) bond motifs is 1. The fourth-order valence-corrected chi connectivity index (χ4v) is 3.33. The van der Waals surface area contributed by atoms with Crippen molar-refractivity contribution in [2.45, 2.75) is 0 Å². The van der Waals surface area contributed by atoms with E-state index in [0.29, 0.717) is 10.7 Å². The van der Waals surface area contributed by atoms with Crippen molar-refractivity contribution in [1.29, 1.82) is 0 Å². The number of hydrogen-bond donors (Lipinski definition) is 2. The summed E-state index contributed by atoms with van der Waals surface area (Å²) in [7, 11) is 0. The minimum absolute atomic E-state index is 0.0586. The van der Waals surface area contributed by atoms with Gasteiger partial charge in [0.15, 0.2) is 4.77 Å². The Morgan fingerprint density at radius 2 is 1.88 bits per heavy atom. The van der Waals surface area contributed by atoms with Crippen molar-refractivity contribution >= 4 is 47.4 Å². The molecule has 0 spiro atoms. The quantitative estimate of drug-likeness (QED) is 0.641. The first kappa shape index (κ1) is 16.5. The molecule has 26 heavy (non-hydrogen) atoms. The Morgan fingerprint density at radius 3 is 2.69 bits per heavy atom. The van der Waals surface area contributed by atoms with Crippen LogP contribution >= 0.6 is 23.8 Å². The standard InChI is InChI=1S/C19H12ClN3O2S/c20-14-6-2-4-8-16(14)23-18(25)13(17(24)22-19(23)26)9-11-10-21-15-7-3-1-5-12(11)15/h1-10,25H,(H,22,24,26). The number of allylic oxidation sites excluding steroid dienone is 1. The van der Waals surface area contributed by atoms with Gasteiger partial charge in [0, 0.05) is 17.4 Å². The number of aromatic hydroxyl groups is 1. The van der Waals surface area contributed by atoms with E-state index in [-0.39, 0.29) is 16.2 Å². The number of halogens is 1. The number of benzene rings is 2. The second-order valence-corrected chi connectivity index (χ2v) is 6.45. The molecule has 2 aromatic carbocycles. The van der Waals surface area contributed by atoms with Crippen molar-refractivity contribution in [3.8, 4) is 11.6 Å². The van der Waals surface area contributed by atoms with Crippen LogP contribution < -0.4 is 5.56 Å². The molecule has 0 atom stereocenters. The van der Waals surface area contributed by atoms with E-state index in [9.17, 15) is 9.90 Å². The van der Waals surface area contributed by atoms with E-state index in [1.54, 1.807) is 36.6 Å². The first-order valence-electron chi connectivity index (χ1n) is 7.74. The van der Waals surface area contributed by atoms with Gasteiger partial charge in [0.05, 0.1) is 16.4 Å². The minimum Gasteiger partial charge on any atom is -0.494 e. The normalized spacial score (nSPS) is 14.0. The number of aliphatic imine (C=N–C) groups is 1. The number of aromatic amines is 1. The zero-order valence-corrected chi connectivity index (χ0v) is 14.9. The molecule has 0 unspecified atom stereocenters. The summed E-state index contributed by atoms with van der Waals surface area (Å²) in [5, 5.41) is 11.2. The van der Waals surface area contributed by atoms with E-state index < -0.39 is 5.56 Å². The van der Waals surface area contributed by atoms with Gasteiger partial charge in [-0.25, -0.2) is 0 Å². The fourth-order valence-electron chi connectivity index (χ4n) is 2.83. The van der Waals surface area contributed by atoms with Crippen LogP contribution in [0, 0.1) is 4.77 Å². The molecule has 4 rings (SSSR count). The molecule has 128 valence electrons. The summed E-state index contributed by atoms with van der Waals surface area (Å²) in [5.74, 6) is -0.280. The Balaban J connectivity index is 1.95. The van der Waals surface area contributed by atoms with Crippen molar-refractivity contribution < 1.29 is 5.11 Å². The zero-order chi connectivity index (χ0) is 18.3. The Kier molecular flexibility index (Phi) is 4.06. The number of nitrogens with one attached hydrogen (secondary N) is 1. The maximum absolute atomic E-state index is 12.4. The first-order valence-corrected chi connectivity index (χ1v) is 8.53. The van der Waals surface area contributed by atoms with Gasteiger partial charge >= 0.3 is 0 Å². The highest BCUT2D eigenvalue weighted by Gasteiger charge is 2.17. The van der Waals surface area contributed by atoms with Crippen LogP contribution in [0.15, 0.2) is 58.3 Å². The number of hydrogen-bond acceptors (Lipinski definition) is 4. The summed E-state index contributed by atoms with van der Waals surface area (Å²) in [4.78, 5) is 19.3. The highest BCUT2D eigenvalue weighted by atomic mass is 35.5. The van der Waals surface area contributed by atoms with Gasteiger partial charge in [0.2, 0.25) is 5.88 Å². The second kappa shape index (κ2) is 6.40. The molecule has 3 aromatic rings. The number of H-pyrrole nitrogens is 1. The third kappa shape index (κ3) is 2.69. The van der Waals surface area contributed by atoms with Gasteiger partial charge in [-0.2, -0.15) is 0 Å². The zero-order valence-electron chi connectivity index (χ0n) is 13.3. The van der Waals surface area contributed by atoms with Crippen LogP contribution in [0.5, 0.6) is 5.88 Å². The molecule has 2 heterocycles. The average molecular weight is 382 g/mol. The number of nitrogens with zero attached hydrogens (tertiary/aromatic N) is 2. The van der Waals surface area contributed by atoms with E-state index in [0.717, 1.165) is 16.8 Å². The summed E-state index contributed by atoms with van der Waals surface area (Å²) >= 11 is 11.4. The van der Waals surface area contributed by atoms with E-state index in [1.807, 2.05) is 24.3 Å². The molecular weight excluding hydrogens is 370 g/mol. The van der Waals surface area contributed by atoms with Crippen molar-refractivity contribution in [2.24, 2.45) is 4.99 Å². The van der Waals surface area contributed by atoms with Gasteiger partial charge in [-0.15, -0.1) is 0 Å². The monoisotopic (exact) mass is 381 g/mol. The van der Waals surface area contributed by atoms with Crippen LogP contribution in [-0.2, 0) is 0 Å². The minimum atomic E-state index is -0.485. The van der Waals surface area contributed by atoms with Crippen LogP contribution in [0.3, 0.4) is 0 Å². The lowest BCUT2D eigenvalue weighted by atomic mass is 10.1. The lowest BCUT2D eigenvalue weighted by Crippen LogP contribution is -2.16. The van der Waals surface area contributed by atoms with Crippen LogP contribution in [0.25, 0.3) is 17.3 Å². The van der Waals surface area contributed by atoms with Crippen molar-refractivity contribution in [3.63, 3.8) is 0 Å². The lowest BCUT2D eigenvalue weighted by Gasteiger charge is -2.13. The van der Waals surface area contributed by atoms with Gasteiger partial charge in [-0.3, -0.25) is 19.3 Å². The lowest BCUT2D eigenvalue weighted by molar-refractivity contribution is 0.432. The highest BCUT2D eigenvalue weighted by Crippen LogP contribution is 2.33. The molecule has 1 aliphatic heterocycles. The topological polar surface area (TPSA) is 70.4 Å². The van der Waals surface area contributed by atoms with Gasteiger partial charge < -0.3 is 5.11 Å². The highest BCUT2D eigenvalue weighted by molar-refractivity contribution is 7.71. The molecule has 2 N–H and O–H groups in total. The van der Waals surface area contributed by atoms with E-state index >= 15 is 0 Å². The fraction of sp³-hybridized carbons (Fsp3) is 0. The average Bonchev–Trinajstić information content (AvgIpc) is 3.03. The summed E-state index contributed by atoms with van der Waals surface area (Å²) in [5.41, 5.74) is 2.50. The summed E-state index contributed by atoms with van der Waals surface area (Å²) in [6.07, 6.45) is 3.25. The van der Waals surface area contributed by atoms with Gasteiger partial charge in [-0.1, -0.05) is 41.9 Å². The van der Waals surface area contributed by atoms with Crippen molar-refractivity contribution in [2.75, 3.05) is 0 Å². The molecule has 0 amide bonds.